The molecule has 0 aromatic rings. The fourth-order valence-electron chi connectivity index (χ4n) is 4.76. The molecule has 12 N–H and O–H groups in total. The van der Waals surface area contributed by atoms with Gasteiger partial charge in [-0.1, -0.05) is 0 Å². The van der Waals surface area contributed by atoms with E-state index in [9.17, 15) is 19.2 Å². The molecule has 6 aliphatic heterocycles. The molecule has 6 fully saturated rings. The van der Waals surface area contributed by atoms with Crippen LogP contribution in [0.15, 0.2) is 0 Å². The number of hydrogen-bond acceptors (Lipinski definition) is 20. The molecule has 232 valence electrons. The second-order valence-electron chi connectivity index (χ2n) is 9.62. The van der Waals surface area contributed by atoms with Gasteiger partial charge < -0.3 is 91.5 Å². The molecule has 0 saturated carbocycles. The summed E-state index contributed by atoms with van der Waals surface area (Å²) in [5.41, 5.74) is 23.0. The molecular weight excluding hydrogens is 681 g/mol. The first-order chi connectivity index (χ1) is 18.7. The third-order valence-electron chi connectivity index (χ3n) is 6.16. The third kappa shape index (κ3) is 6.49. The maximum absolute atomic E-state index is 12.0. The maximum atomic E-state index is 12.0. The standard InChI is InChI=1S/C12H36N4O16Si8/c13-5-1-9-33-21-34(10-2-6-14)24-37(17)25-35(22-33,11-3-7-15)27-39(19)30-36(28-37,12-4-8-16)29-38(18,26-34)31-40(20,23-33)32-39/h17-20H,1-16H2. The minimum Gasteiger partial charge on any atom is -0.373 e. The van der Waals surface area contributed by atoms with Gasteiger partial charge in [0.25, 0.3) is 0 Å². The fraction of sp³-hybridized carbons (Fsp3) is 1.00. The predicted octanol–water partition coefficient (Wildman–Crippen LogP) is -4.88. The minimum atomic E-state index is -5.22. The summed E-state index contributed by atoms with van der Waals surface area (Å²) in [5.74, 6) is 0. The minimum absolute atomic E-state index is 0.0442. The molecule has 0 aliphatic carbocycles. The molecule has 0 radical (unpaired) electrons. The summed E-state index contributed by atoms with van der Waals surface area (Å²) in [6, 6.07) is -0.416. The molecule has 4 unspecified atom stereocenters. The first-order valence-electron chi connectivity index (χ1n) is 12.8. The van der Waals surface area contributed by atoms with Crippen LogP contribution in [0.2, 0.25) is 24.2 Å². The molecule has 6 rings (SSSR count). The van der Waals surface area contributed by atoms with Crippen LogP contribution in [0.1, 0.15) is 25.7 Å². The average Bonchev–Trinajstić information content (AvgIpc) is 2.78. The van der Waals surface area contributed by atoms with Gasteiger partial charge in [-0.3, -0.25) is 0 Å². The van der Waals surface area contributed by atoms with Crippen molar-refractivity contribution in [3.8, 4) is 0 Å². The van der Waals surface area contributed by atoms with Crippen LogP contribution in [0.25, 0.3) is 0 Å². The zero-order valence-corrected chi connectivity index (χ0v) is 29.5. The highest BCUT2D eigenvalue weighted by atomic mass is 28.6. The smallest absolute Gasteiger partial charge is 0.373 e. The molecule has 0 aromatic carbocycles. The summed E-state index contributed by atoms with van der Waals surface area (Å²) in [4.78, 5) is 46.9. The monoisotopic (exact) mass is 716 g/mol. The zero-order valence-electron chi connectivity index (χ0n) is 21.5. The molecule has 28 heteroatoms. The molecule has 20 nitrogen and oxygen atoms in total. The van der Waals surface area contributed by atoms with Crippen molar-refractivity contribution in [1.82, 2.24) is 0 Å². The van der Waals surface area contributed by atoms with Gasteiger partial charge in [0.15, 0.2) is 0 Å². The summed E-state index contributed by atoms with van der Waals surface area (Å²) in [6.45, 7) is 0.545. The van der Waals surface area contributed by atoms with Gasteiger partial charge in [-0.15, -0.1) is 0 Å². The van der Waals surface area contributed by atoms with Crippen molar-refractivity contribution in [2.45, 2.75) is 49.9 Å². The van der Waals surface area contributed by atoms with Crippen LogP contribution in [0.4, 0.5) is 0 Å². The van der Waals surface area contributed by atoms with Gasteiger partial charge in [0.1, 0.15) is 0 Å². The second-order valence-corrected chi connectivity index (χ2v) is 31.1. The molecule has 6 heterocycles. The van der Waals surface area contributed by atoms with Gasteiger partial charge in [-0.2, -0.15) is 0 Å². The van der Waals surface area contributed by atoms with Crippen LogP contribution < -0.4 is 22.9 Å². The van der Waals surface area contributed by atoms with Crippen LogP contribution in [-0.4, -0.2) is 117 Å². The van der Waals surface area contributed by atoms with E-state index in [-0.39, 0.29) is 76.0 Å². The molecule has 8 bridgehead atoms. The fourth-order valence-corrected chi connectivity index (χ4v) is 44.2. The van der Waals surface area contributed by atoms with Crippen molar-refractivity contribution in [2.24, 2.45) is 22.9 Å². The lowest BCUT2D eigenvalue weighted by molar-refractivity contribution is -0.0926. The Balaban J connectivity index is 1.76. The molecule has 6 saturated heterocycles. The van der Waals surface area contributed by atoms with Crippen LogP contribution in [0.5, 0.6) is 0 Å². The highest BCUT2D eigenvalue weighted by Crippen LogP contribution is 2.49. The largest absolute Gasteiger partial charge is 0.657 e. The molecule has 40 heavy (non-hydrogen) atoms. The van der Waals surface area contributed by atoms with Gasteiger partial charge in [-0.05, 0) is 51.9 Å². The van der Waals surface area contributed by atoms with E-state index in [1.54, 1.807) is 0 Å². The summed E-state index contributed by atoms with van der Waals surface area (Å²) < 4.78 is 72.9. The van der Waals surface area contributed by atoms with E-state index in [1.807, 2.05) is 0 Å². The van der Waals surface area contributed by atoms with Crippen LogP contribution in [0, 0.1) is 0 Å². The molecule has 6 aliphatic rings. The van der Waals surface area contributed by atoms with Crippen molar-refractivity contribution in [3.63, 3.8) is 0 Å². The lowest BCUT2D eigenvalue weighted by atomic mass is 10.5. The first kappa shape index (κ1) is 32.3. The van der Waals surface area contributed by atoms with Crippen molar-refractivity contribution in [1.29, 1.82) is 0 Å². The maximum Gasteiger partial charge on any atom is 0.657 e. The van der Waals surface area contributed by atoms with E-state index in [1.165, 1.54) is 0 Å². The quantitative estimate of drug-likeness (QED) is 0.0878. The number of nitrogens with two attached hydrogens (primary N) is 4. The average molecular weight is 717 g/mol. The molecule has 0 aromatic heterocycles. The van der Waals surface area contributed by atoms with Gasteiger partial charge in [0.05, 0.1) is 0 Å². The SMILES string of the molecule is NCCC[Si]12O[Si]3(O)O[Si]4(O)O[Si](O)(O1)O[Si]1(CCCN)O[Si](O)(O2)O[Si](CCCN)(O3)O[Si](CCCN)(O4)O1. The lowest BCUT2D eigenvalue weighted by Gasteiger charge is -2.58. The Morgan fingerprint density at radius 3 is 0.800 bits per heavy atom. The Bertz CT molecular complexity index is 906. The van der Waals surface area contributed by atoms with Crippen LogP contribution in [-0.2, 0) is 49.4 Å². The van der Waals surface area contributed by atoms with E-state index in [0.29, 0.717) is 0 Å². The molecule has 0 amide bonds. The van der Waals surface area contributed by atoms with Gasteiger partial charge in [0.2, 0.25) is 0 Å². The summed E-state index contributed by atoms with van der Waals surface area (Å²) >= 11 is 0. The Morgan fingerprint density at radius 2 is 0.525 bits per heavy atom. The lowest BCUT2D eigenvalue weighted by Crippen LogP contribution is -2.88. The highest BCUT2D eigenvalue weighted by molar-refractivity contribution is 7.00. The van der Waals surface area contributed by atoms with Crippen molar-refractivity contribution in [2.75, 3.05) is 26.2 Å². The molecular formula is C12H36N4O16Si8. The van der Waals surface area contributed by atoms with Crippen molar-refractivity contribution < 1.29 is 68.6 Å². The Hall–Kier alpha value is 0.935. The Labute approximate surface area is 238 Å². The second kappa shape index (κ2) is 11.4. The topological polar surface area (TPSA) is 296 Å². The predicted molar refractivity (Wildman–Crippen MR) is 142 cm³/mol. The highest BCUT2D eigenvalue weighted by Gasteiger charge is 2.85. The number of hydrogen-bond donors (Lipinski definition) is 8. The summed E-state index contributed by atoms with van der Waals surface area (Å²) in [7, 11) is -38.3. The van der Waals surface area contributed by atoms with E-state index < -0.39 is 71.4 Å². The van der Waals surface area contributed by atoms with Gasteiger partial charge in [0, 0.05) is 24.2 Å². The Morgan fingerprint density at radius 1 is 0.325 bits per heavy atom. The van der Waals surface area contributed by atoms with Gasteiger partial charge in [-0.25, -0.2) is 0 Å². The van der Waals surface area contributed by atoms with Crippen LogP contribution in [0.3, 0.4) is 0 Å². The van der Waals surface area contributed by atoms with E-state index in [0.717, 1.165) is 0 Å². The third-order valence-corrected chi connectivity index (χ3v) is 37.3. The van der Waals surface area contributed by atoms with Crippen molar-refractivity contribution in [3.05, 3.63) is 0 Å². The van der Waals surface area contributed by atoms with E-state index in [4.69, 9.17) is 72.3 Å². The number of rotatable bonds is 12. The Kier molecular flexibility index (Phi) is 9.20. The summed E-state index contributed by atoms with van der Waals surface area (Å²) in [6.07, 6.45) is 0.873. The van der Waals surface area contributed by atoms with Crippen LogP contribution >= 0.6 is 0 Å². The normalized spacial score (nSPS) is 49.8. The first-order valence-corrected chi connectivity index (χ1v) is 27.3. The zero-order chi connectivity index (χ0) is 29.0. The molecule has 0 spiro atoms. The van der Waals surface area contributed by atoms with E-state index in [2.05, 4.69) is 0 Å². The van der Waals surface area contributed by atoms with Gasteiger partial charge >= 0.3 is 71.4 Å². The summed E-state index contributed by atoms with van der Waals surface area (Å²) in [5, 5.41) is 0. The molecule has 4 atom stereocenters. The van der Waals surface area contributed by atoms with E-state index >= 15 is 0 Å². The van der Waals surface area contributed by atoms with Crippen molar-refractivity contribution >= 4 is 71.4 Å².